The van der Waals surface area contributed by atoms with Gasteiger partial charge in [-0.25, -0.2) is 8.96 Å². The van der Waals surface area contributed by atoms with Crippen molar-refractivity contribution in [3.05, 3.63) is 87.2 Å². The van der Waals surface area contributed by atoms with Crippen molar-refractivity contribution < 1.29 is 28.1 Å². The van der Waals surface area contributed by atoms with Gasteiger partial charge in [0.25, 0.3) is 12.2 Å². The van der Waals surface area contributed by atoms with Crippen molar-refractivity contribution in [1.82, 2.24) is 25.0 Å². The van der Waals surface area contributed by atoms with E-state index in [1.807, 2.05) is 0 Å². The van der Waals surface area contributed by atoms with Crippen molar-refractivity contribution in [3.63, 3.8) is 0 Å². The van der Waals surface area contributed by atoms with Gasteiger partial charge in [0.05, 0.1) is 17.1 Å². The van der Waals surface area contributed by atoms with Crippen molar-refractivity contribution >= 4 is 51.8 Å². The first kappa shape index (κ1) is 31.3. The van der Waals surface area contributed by atoms with Crippen LogP contribution in [0.4, 0.5) is 10.1 Å². The predicted molar refractivity (Wildman–Crippen MR) is 156 cm³/mol. The van der Waals surface area contributed by atoms with Crippen LogP contribution in [0.1, 0.15) is 40.3 Å². The normalized spacial score (nSPS) is 10.8. The van der Waals surface area contributed by atoms with E-state index in [1.165, 1.54) is 52.4 Å². The number of nitrogen functional groups attached to an aromatic ring is 1. The Morgan fingerprint density at radius 3 is 2.66 bits per heavy atom. The zero-order valence-electron chi connectivity index (χ0n) is 23.4. The third-order valence-electron chi connectivity index (χ3n) is 6.47. The molecule has 0 unspecified atom stereocenters. The van der Waals surface area contributed by atoms with Gasteiger partial charge >= 0.3 is 0 Å². The summed E-state index contributed by atoms with van der Waals surface area (Å²) in [4.78, 5) is 58.0. The zero-order valence-corrected chi connectivity index (χ0v) is 24.2. The van der Waals surface area contributed by atoms with Crippen molar-refractivity contribution in [1.29, 1.82) is 0 Å². The number of halogens is 2. The average molecular weight is 623 g/mol. The second-order valence-electron chi connectivity index (χ2n) is 9.82. The molecular weight excluding hydrogens is 597 g/mol. The summed E-state index contributed by atoms with van der Waals surface area (Å²) in [7, 11) is 0. The number of carbonyl (C=O) groups is 4. The van der Waals surface area contributed by atoms with Crippen LogP contribution in [0, 0.1) is 5.82 Å². The number of carbonyl (C=O) groups excluding carboxylic acids is 4. The summed E-state index contributed by atoms with van der Waals surface area (Å²) < 4.78 is 17.6. The molecule has 0 fully saturated rings. The highest BCUT2D eigenvalue weighted by Gasteiger charge is 2.24. The van der Waals surface area contributed by atoms with Gasteiger partial charge in [0, 0.05) is 40.1 Å². The number of anilines is 1. The number of nitrogens with two attached hydrogens (primary N) is 2. The molecule has 0 spiro atoms. The van der Waals surface area contributed by atoms with Crippen molar-refractivity contribution in [3.8, 4) is 5.69 Å². The third kappa shape index (κ3) is 6.88. The molecule has 4 amide bonds. The van der Waals surface area contributed by atoms with E-state index in [-0.39, 0.29) is 46.9 Å². The molecule has 0 bridgehead atoms. The lowest BCUT2D eigenvalue weighted by Gasteiger charge is -2.26. The number of aromatic nitrogens is 4. The minimum Gasteiger partial charge on any atom is -0.393 e. The molecule has 2 heterocycles. The van der Waals surface area contributed by atoms with E-state index in [2.05, 4.69) is 25.4 Å². The quantitative estimate of drug-likeness (QED) is 0.103. The molecule has 0 saturated carbocycles. The molecule has 0 saturated heterocycles. The van der Waals surface area contributed by atoms with E-state index in [1.54, 1.807) is 24.6 Å². The predicted octanol–water partition coefficient (Wildman–Crippen LogP) is 2.19. The highest BCUT2D eigenvalue weighted by molar-refractivity contribution is 6.31. The molecule has 5 N–H and O–H groups in total. The fourth-order valence-electron chi connectivity index (χ4n) is 4.36. The number of amides is 4. The first-order valence-corrected chi connectivity index (χ1v) is 13.3. The second kappa shape index (κ2) is 13.1. The van der Waals surface area contributed by atoms with Crippen LogP contribution in [0.15, 0.2) is 54.2 Å². The fourth-order valence-corrected chi connectivity index (χ4v) is 4.60. The van der Waals surface area contributed by atoms with Gasteiger partial charge in [-0.15, -0.1) is 0 Å². The van der Waals surface area contributed by atoms with Crippen LogP contribution >= 0.6 is 11.6 Å². The summed E-state index contributed by atoms with van der Waals surface area (Å²) in [6.45, 7) is 2.43. The number of nitrogens with zero attached hydrogens (tertiary/aromatic N) is 8. The van der Waals surface area contributed by atoms with Gasteiger partial charge in [-0.2, -0.15) is 5.10 Å². The molecule has 0 radical (unpaired) electrons. The van der Waals surface area contributed by atoms with Gasteiger partial charge in [0.2, 0.25) is 17.7 Å². The summed E-state index contributed by atoms with van der Waals surface area (Å²) in [5, 5.41) is 9.78. The van der Waals surface area contributed by atoms with Crippen molar-refractivity contribution in [2.24, 2.45) is 10.8 Å². The van der Waals surface area contributed by atoms with E-state index in [9.17, 15) is 23.6 Å². The summed E-state index contributed by atoms with van der Waals surface area (Å²) in [5.41, 5.74) is 20.8. The number of hydrogen-bond donors (Lipinski definition) is 3. The Labute approximate surface area is 253 Å². The van der Waals surface area contributed by atoms with E-state index >= 15 is 0 Å². The Bertz CT molecular complexity index is 1850. The van der Waals surface area contributed by atoms with Gasteiger partial charge in [-0.05, 0) is 48.8 Å². The van der Waals surface area contributed by atoms with E-state index in [0.29, 0.717) is 16.9 Å². The highest BCUT2D eigenvalue weighted by atomic mass is 35.5. The number of hydrogen-bond acceptors (Lipinski definition) is 7. The highest BCUT2D eigenvalue weighted by Crippen LogP contribution is 2.23. The minimum atomic E-state index is -0.906. The van der Waals surface area contributed by atoms with Crippen LogP contribution < -0.4 is 21.4 Å². The van der Waals surface area contributed by atoms with Gasteiger partial charge in [0.1, 0.15) is 29.9 Å². The Kier molecular flexibility index (Phi) is 9.36. The zero-order chi connectivity index (χ0) is 32.1. The largest absolute Gasteiger partial charge is 0.393 e. The van der Waals surface area contributed by atoms with E-state index in [4.69, 9.17) is 28.6 Å². The molecule has 17 heteroatoms. The van der Waals surface area contributed by atoms with Crippen molar-refractivity contribution in [2.45, 2.75) is 33.0 Å². The lowest BCUT2D eigenvalue weighted by molar-refractivity contribution is -0.598. The molecule has 15 nitrogen and oxygen atoms in total. The maximum Gasteiger partial charge on any atom is 0.291 e. The number of fused-ring (bicyclic) bond motifs is 1. The Balaban J connectivity index is 1.50. The minimum absolute atomic E-state index is 0.00410. The molecule has 0 aliphatic heterocycles. The number of benzene rings is 2. The smallest absolute Gasteiger partial charge is 0.291 e. The van der Waals surface area contributed by atoms with Gasteiger partial charge in [-0.1, -0.05) is 16.6 Å². The monoisotopic (exact) mass is 622 g/mol. The molecule has 4 aromatic rings. The van der Waals surface area contributed by atoms with Crippen LogP contribution in [-0.2, 0) is 22.7 Å². The van der Waals surface area contributed by atoms with Gasteiger partial charge in [-0.3, -0.25) is 23.9 Å². The van der Waals surface area contributed by atoms with E-state index in [0.717, 1.165) is 0 Å². The number of primary amides is 1. The Hall–Kier alpha value is -5.60. The second-order valence-corrected chi connectivity index (χ2v) is 10.2. The van der Waals surface area contributed by atoms with Crippen LogP contribution in [-0.4, -0.2) is 55.9 Å². The number of rotatable bonds is 10. The molecule has 0 atom stereocenters. The van der Waals surface area contributed by atoms with Gasteiger partial charge in [0.15, 0.2) is 11.9 Å². The molecule has 2 aromatic heterocycles. The summed E-state index contributed by atoms with van der Waals surface area (Å²) in [6, 6.07) is 6.52. The molecule has 44 heavy (non-hydrogen) atoms. The molecular formula is C27H26ClFN11O4+. The lowest BCUT2D eigenvalue weighted by atomic mass is 10.1. The summed E-state index contributed by atoms with van der Waals surface area (Å²) in [5.74, 6) is -3.59. The lowest BCUT2D eigenvalue weighted by Crippen LogP contribution is -2.45. The SMILES string of the molecule is CC(C)N(CC(=O)NCc1cc(-[n+]2cncc(N)c2)cc(Cl)c1F)C(=O)Cn1nc(C(N)=O)c2cc(C(=O)N=[N+]=[N-])ccc21. The standard InChI is InChI=1S/C27H25ClFN11O4/c1-14(2)39(11-22(41)34-8-16-5-18(7-20(28)24(16)29)38-10-17(30)9-33-13-38)23(42)12-40-21-4-3-15(27(44)35-37-32)6-19(21)25(36-40)26(31)43/h3-7,9-10,13-14H,8,11-12,30H2,1-2H3,(H2-,31,34,41,43)/p+1. The molecule has 0 aliphatic rings. The van der Waals surface area contributed by atoms with Crippen LogP contribution in [0.3, 0.4) is 0 Å². The van der Waals surface area contributed by atoms with Gasteiger partial charge < -0.3 is 21.7 Å². The Morgan fingerprint density at radius 2 is 2.00 bits per heavy atom. The van der Waals surface area contributed by atoms with Crippen LogP contribution in [0.2, 0.25) is 5.02 Å². The molecule has 0 aliphatic carbocycles. The summed E-state index contributed by atoms with van der Waals surface area (Å²) in [6.07, 6.45) is 4.48. The maximum absolute atomic E-state index is 14.8. The molecule has 226 valence electrons. The fraction of sp³-hybridized carbons (Fsp3) is 0.222. The first-order chi connectivity index (χ1) is 20.9. The van der Waals surface area contributed by atoms with Crippen molar-refractivity contribution in [2.75, 3.05) is 12.3 Å². The number of nitrogens with one attached hydrogen (secondary N) is 1. The third-order valence-corrected chi connectivity index (χ3v) is 6.75. The van der Waals surface area contributed by atoms with Crippen LogP contribution in [0.25, 0.3) is 27.0 Å². The molecule has 2 aromatic carbocycles. The average Bonchev–Trinajstić information content (AvgIpc) is 3.34. The van der Waals surface area contributed by atoms with Crippen LogP contribution in [0.5, 0.6) is 0 Å². The molecule has 4 rings (SSSR count). The summed E-state index contributed by atoms with van der Waals surface area (Å²) >= 11 is 6.09. The topological polar surface area (TPSA) is 219 Å². The number of azide groups is 1. The maximum atomic E-state index is 14.8. The first-order valence-electron chi connectivity index (χ1n) is 13.0. The van der Waals surface area contributed by atoms with E-state index < -0.39 is 35.5 Å². The Morgan fingerprint density at radius 1 is 1.25 bits per heavy atom.